The molecular weight excluding hydrogens is 371 g/mol. The Bertz CT molecular complexity index is 868. The number of nitrogens with one attached hydrogen (secondary N) is 2. The van der Waals surface area contributed by atoms with E-state index in [1.165, 1.54) is 17.7 Å². The zero-order valence-corrected chi connectivity index (χ0v) is 15.1. The van der Waals surface area contributed by atoms with Crippen molar-refractivity contribution >= 4 is 17.5 Å². The van der Waals surface area contributed by atoms with Crippen molar-refractivity contribution in [1.82, 2.24) is 10.2 Å². The van der Waals surface area contributed by atoms with Gasteiger partial charge in [-0.1, -0.05) is 30.3 Å². The van der Waals surface area contributed by atoms with E-state index in [-0.39, 0.29) is 18.0 Å². The summed E-state index contributed by atoms with van der Waals surface area (Å²) in [5, 5.41) is 4.77. The Morgan fingerprint density at radius 1 is 1.04 bits per heavy atom. The molecule has 8 heteroatoms. The number of amides is 2. The number of carbonyl (C=O) groups is 2. The van der Waals surface area contributed by atoms with Crippen LogP contribution in [-0.4, -0.2) is 42.5 Å². The van der Waals surface area contributed by atoms with Gasteiger partial charge in [0.2, 0.25) is 5.91 Å². The zero-order chi connectivity index (χ0) is 20.1. The molecule has 0 aromatic heterocycles. The number of nitrogens with zero attached hydrogens (tertiary/aromatic N) is 1. The number of rotatable bonds is 5. The smallest absolute Gasteiger partial charge is 0.376 e. The second-order valence-electron chi connectivity index (χ2n) is 6.57. The topological polar surface area (TPSA) is 61.4 Å². The number of carbonyl (C=O) groups excluding carboxylic acids is 2. The maximum Gasteiger partial charge on any atom is 0.405 e. The van der Waals surface area contributed by atoms with Crippen LogP contribution in [0, 0.1) is 0 Å². The van der Waals surface area contributed by atoms with Crippen molar-refractivity contribution in [2.45, 2.75) is 19.1 Å². The molecule has 0 spiro atoms. The summed E-state index contributed by atoms with van der Waals surface area (Å²) in [5.74, 6) is -0.902. The molecule has 28 heavy (non-hydrogen) atoms. The van der Waals surface area contributed by atoms with Gasteiger partial charge in [-0.3, -0.25) is 9.59 Å². The van der Waals surface area contributed by atoms with E-state index in [9.17, 15) is 22.8 Å². The van der Waals surface area contributed by atoms with Gasteiger partial charge in [0.25, 0.3) is 5.91 Å². The SMILES string of the molecule is O=C(NCC(F)(F)F)c1cccc(NCC(=O)N2CCc3ccccc3C2)c1. The lowest BCUT2D eigenvalue weighted by Gasteiger charge is -2.29. The zero-order valence-electron chi connectivity index (χ0n) is 15.1. The monoisotopic (exact) mass is 391 g/mol. The Morgan fingerprint density at radius 2 is 1.79 bits per heavy atom. The number of hydrogen-bond acceptors (Lipinski definition) is 3. The van der Waals surface area contributed by atoms with E-state index >= 15 is 0 Å². The molecule has 0 radical (unpaired) electrons. The molecule has 0 fully saturated rings. The van der Waals surface area contributed by atoms with Gasteiger partial charge in [0, 0.05) is 24.3 Å². The molecule has 3 rings (SSSR count). The van der Waals surface area contributed by atoms with Crippen LogP contribution < -0.4 is 10.6 Å². The van der Waals surface area contributed by atoms with E-state index in [4.69, 9.17) is 0 Å². The van der Waals surface area contributed by atoms with Gasteiger partial charge < -0.3 is 15.5 Å². The quantitative estimate of drug-likeness (QED) is 0.824. The number of hydrogen-bond donors (Lipinski definition) is 2. The minimum absolute atomic E-state index is 0.0375. The van der Waals surface area contributed by atoms with E-state index < -0.39 is 18.6 Å². The van der Waals surface area contributed by atoms with Gasteiger partial charge >= 0.3 is 6.18 Å². The number of alkyl halides is 3. The fourth-order valence-electron chi connectivity index (χ4n) is 3.05. The van der Waals surface area contributed by atoms with Gasteiger partial charge in [0.1, 0.15) is 6.54 Å². The van der Waals surface area contributed by atoms with Crippen molar-refractivity contribution in [2.75, 3.05) is 25.0 Å². The highest BCUT2D eigenvalue weighted by atomic mass is 19.4. The molecular formula is C20H20F3N3O2. The number of fused-ring (bicyclic) bond motifs is 1. The Kier molecular flexibility index (Phi) is 5.87. The van der Waals surface area contributed by atoms with Crippen molar-refractivity contribution < 1.29 is 22.8 Å². The summed E-state index contributed by atoms with van der Waals surface area (Å²) in [6.45, 7) is -0.164. The third-order valence-electron chi connectivity index (χ3n) is 4.50. The van der Waals surface area contributed by atoms with Crippen molar-refractivity contribution in [3.8, 4) is 0 Å². The largest absolute Gasteiger partial charge is 0.405 e. The molecule has 0 unspecified atom stereocenters. The fraction of sp³-hybridized carbons (Fsp3) is 0.300. The summed E-state index contributed by atoms with van der Waals surface area (Å²) < 4.78 is 36.7. The van der Waals surface area contributed by atoms with E-state index in [0.29, 0.717) is 18.8 Å². The molecule has 0 bridgehead atoms. The van der Waals surface area contributed by atoms with Crippen molar-refractivity contribution in [3.63, 3.8) is 0 Å². The molecule has 1 aliphatic heterocycles. The maximum atomic E-state index is 12.5. The molecule has 0 saturated carbocycles. The predicted molar refractivity (Wildman–Crippen MR) is 98.9 cm³/mol. The van der Waals surface area contributed by atoms with Gasteiger partial charge in [0.15, 0.2) is 0 Å². The molecule has 1 heterocycles. The molecule has 0 aliphatic carbocycles. The summed E-state index contributed by atoms with van der Waals surface area (Å²) in [5.41, 5.74) is 2.96. The van der Waals surface area contributed by atoms with E-state index in [2.05, 4.69) is 11.4 Å². The molecule has 148 valence electrons. The lowest BCUT2D eigenvalue weighted by molar-refractivity contribution is -0.130. The first-order chi connectivity index (χ1) is 13.3. The summed E-state index contributed by atoms with van der Waals surface area (Å²) in [4.78, 5) is 26.1. The summed E-state index contributed by atoms with van der Waals surface area (Å²) in [6.07, 6.45) is -3.66. The van der Waals surface area contributed by atoms with Crippen LogP contribution in [0.15, 0.2) is 48.5 Å². The normalized spacial score (nSPS) is 13.6. The Morgan fingerprint density at radius 3 is 2.54 bits per heavy atom. The first kappa shape index (κ1) is 19.7. The maximum absolute atomic E-state index is 12.5. The number of anilines is 1. The second-order valence-corrected chi connectivity index (χ2v) is 6.57. The predicted octanol–water partition coefficient (Wildman–Crippen LogP) is 2.98. The van der Waals surface area contributed by atoms with Crippen LogP contribution >= 0.6 is 0 Å². The van der Waals surface area contributed by atoms with Gasteiger partial charge in [-0.05, 0) is 35.7 Å². The summed E-state index contributed by atoms with van der Waals surface area (Å²) in [6, 6.07) is 14.0. The molecule has 2 N–H and O–H groups in total. The fourth-order valence-corrected chi connectivity index (χ4v) is 3.05. The number of benzene rings is 2. The van der Waals surface area contributed by atoms with E-state index in [1.807, 2.05) is 23.5 Å². The lowest BCUT2D eigenvalue weighted by atomic mass is 10.00. The molecule has 0 saturated heterocycles. The average Bonchev–Trinajstić information content (AvgIpc) is 2.69. The van der Waals surface area contributed by atoms with Crippen molar-refractivity contribution in [2.24, 2.45) is 0 Å². The second kappa shape index (κ2) is 8.33. The highest BCUT2D eigenvalue weighted by Gasteiger charge is 2.28. The average molecular weight is 391 g/mol. The van der Waals surface area contributed by atoms with Crippen LogP contribution in [0.4, 0.5) is 18.9 Å². The molecule has 5 nitrogen and oxygen atoms in total. The molecule has 2 amide bonds. The van der Waals surface area contributed by atoms with Crippen LogP contribution in [0.1, 0.15) is 21.5 Å². The molecule has 2 aromatic carbocycles. The van der Waals surface area contributed by atoms with Gasteiger partial charge in [0.05, 0.1) is 6.54 Å². The van der Waals surface area contributed by atoms with Gasteiger partial charge in [-0.15, -0.1) is 0 Å². The van der Waals surface area contributed by atoms with Crippen LogP contribution in [0.2, 0.25) is 0 Å². The Hall–Kier alpha value is -3.03. The van der Waals surface area contributed by atoms with E-state index in [0.717, 1.165) is 12.0 Å². The summed E-state index contributed by atoms with van der Waals surface area (Å²) >= 11 is 0. The van der Waals surface area contributed by atoms with Crippen LogP contribution in [0.25, 0.3) is 0 Å². The van der Waals surface area contributed by atoms with E-state index in [1.54, 1.807) is 17.0 Å². The van der Waals surface area contributed by atoms with Crippen LogP contribution in [0.3, 0.4) is 0 Å². The first-order valence-electron chi connectivity index (χ1n) is 8.85. The van der Waals surface area contributed by atoms with Crippen LogP contribution in [0.5, 0.6) is 0 Å². The third kappa shape index (κ3) is 5.25. The van der Waals surface area contributed by atoms with Crippen molar-refractivity contribution in [1.29, 1.82) is 0 Å². The first-order valence-corrected chi connectivity index (χ1v) is 8.85. The number of halogens is 3. The highest BCUT2D eigenvalue weighted by Crippen LogP contribution is 2.19. The molecule has 1 aliphatic rings. The summed E-state index contributed by atoms with van der Waals surface area (Å²) in [7, 11) is 0. The molecule has 0 atom stereocenters. The van der Waals surface area contributed by atoms with Gasteiger partial charge in [-0.2, -0.15) is 13.2 Å². The highest BCUT2D eigenvalue weighted by molar-refractivity contribution is 5.95. The van der Waals surface area contributed by atoms with Crippen LogP contribution in [-0.2, 0) is 17.8 Å². The van der Waals surface area contributed by atoms with Gasteiger partial charge in [-0.25, -0.2) is 0 Å². The molecule has 2 aromatic rings. The minimum atomic E-state index is -4.47. The Labute approximate surface area is 160 Å². The standard InChI is InChI=1S/C20H20F3N3O2/c21-20(22,23)13-25-19(28)15-6-3-7-17(10-15)24-11-18(27)26-9-8-14-4-1-2-5-16(14)12-26/h1-7,10,24H,8-9,11-13H2,(H,25,28). The third-order valence-corrected chi connectivity index (χ3v) is 4.50. The van der Waals surface area contributed by atoms with Crippen molar-refractivity contribution in [3.05, 3.63) is 65.2 Å². The minimum Gasteiger partial charge on any atom is -0.376 e. The Balaban J connectivity index is 1.55. The lowest BCUT2D eigenvalue weighted by Crippen LogP contribution is -2.39.